The van der Waals surface area contributed by atoms with Gasteiger partial charge in [0.15, 0.2) is 0 Å². The summed E-state index contributed by atoms with van der Waals surface area (Å²) in [5, 5.41) is 2.98. The Morgan fingerprint density at radius 3 is 2.48 bits per heavy atom. The van der Waals surface area contributed by atoms with Gasteiger partial charge in [0, 0.05) is 30.2 Å². The van der Waals surface area contributed by atoms with E-state index in [2.05, 4.69) is 31.0 Å². The van der Waals surface area contributed by atoms with Gasteiger partial charge in [0.25, 0.3) is 5.91 Å². The molecule has 0 aliphatic carbocycles. The summed E-state index contributed by atoms with van der Waals surface area (Å²) in [4.78, 5) is 14.5. The molecule has 0 radical (unpaired) electrons. The Bertz CT molecular complexity index is 517. The van der Waals surface area contributed by atoms with E-state index in [1.807, 2.05) is 0 Å². The number of nitrogens with one attached hydrogen (secondary N) is 1. The number of piperidine rings is 1. The predicted molar refractivity (Wildman–Crippen MR) is 82.6 cm³/mol. The first kappa shape index (κ1) is 15.8. The average Bonchev–Trinajstić information content (AvgIpc) is 2.41. The molecule has 0 saturated carbocycles. The first-order valence-electron chi connectivity index (χ1n) is 7.38. The van der Waals surface area contributed by atoms with Crippen molar-refractivity contribution in [1.82, 2.24) is 10.2 Å². The van der Waals surface area contributed by atoms with Crippen LogP contribution in [0.2, 0.25) is 0 Å². The van der Waals surface area contributed by atoms with Gasteiger partial charge in [0.05, 0.1) is 5.69 Å². The summed E-state index contributed by atoms with van der Waals surface area (Å²) in [6.07, 6.45) is 1.83. The third-order valence-electron chi connectivity index (χ3n) is 4.04. The fourth-order valence-corrected chi connectivity index (χ4v) is 2.63. The molecule has 21 heavy (non-hydrogen) atoms. The quantitative estimate of drug-likeness (QED) is 0.823. The Kier molecular flexibility index (Phi) is 4.52. The monoisotopic (exact) mass is 293 g/mol. The molecule has 5 heteroatoms. The van der Waals surface area contributed by atoms with E-state index < -0.39 is 5.82 Å². The van der Waals surface area contributed by atoms with Crippen molar-refractivity contribution >= 4 is 11.6 Å². The minimum Gasteiger partial charge on any atom is -0.396 e. The number of nitrogens with zero attached hydrogens (tertiary/aromatic N) is 1. The lowest BCUT2D eigenvalue weighted by Crippen LogP contribution is -2.50. The Balaban J connectivity index is 1.91. The molecule has 1 saturated heterocycles. The molecular formula is C16H24FN3O. The van der Waals surface area contributed by atoms with E-state index in [0.717, 1.165) is 25.9 Å². The van der Waals surface area contributed by atoms with Gasteiger partial charge >= 0.3 is 0 Å². The van der Waals surface area contributed by atoms with Crippen molar-refractivity contribution < 1.29 is 9.18 Å². The van der Waals surface area contributed by atoms with Crippen molar-refractivity contribution in [3.63, 3.8) is 0 Å². The van der Waals surface area contributed by atoms with Gasteiger partial charge in [-0.1, -0.05) is 0 Å². The Hall–Kier alpha value is -1.62. The van der Waals surface area contributed by atoms with Crippen LogP contribution in [0.25, 0.3) is 0 Å². The molecule has 1 heterocycles. The van der Waals surface area contributed by atoms with E-state index in [1.165, 1.54) is 12.1 Å². The zero-order chi connectivity index (χ0) is 15.6. The molecule has 1 aliphatic rings. The van der Waals surface area contributed by atoms with E-state index in [1.54, 1.807) is 6.07 Å². The van der Waals surface area contributed by atoms with Crippen LogP contribution in [0.4, 0.5) is 10.1 Å². The highest BCUT2D eigenvalue weighted by atomic mass is 19.1. The number of hydrogen-bond acceptors (Lipinski definition) is 3. The normalized spacial score (nSPS) is 17.7. The second-order valence-electron chi connectivity index (χ2n) is 6.64. The number of nitrogens with two attached hydrogens (primary N) is 1. The second-order valence-corrected chi connectivity index (χ2v) is 6.64. The van der Waals surface area contributed by atoms with Crippen LogP contribution in [0.3, 0.4) is 0 Å². The van der Waals surface area contributed by atoms with Crippen molar-refractivity contribution in [3.8, 4) is 0 Å². The molecule has 1 fully saturated rings. The molecule has 2 rings (SSSR count). The van der Waals surface area contributed by atoms with Crippen LogP contribution in [-0.2, 0) is 0 Å². The van der Waals surface area contributed by atoms with Crippen molar-refractivity contribution in [2.24, 2.45) is 0 Å². The van der Waals surface area contributed by atoms with Gasteiger partial charge in [-0.2, -0.15) is 0 Å². The lowest BCUT2D eigenvalue weighted by molar-refractivity contribution is 0.0812. The van der Waals surface area contributed by atoms with Crippen LogP contribution in [0.5, 0.6) is 0 Å². The molecule has 116 valence electrons. The largest absolute Gasteiger partial charge is 0.396 e. The molecule has 0 unspecified atom stereocenters. The molecule has 1 amide bonds. The second kappa shape index (κ2) is 6.02. The summed E-state index contributed by atoms with van der Waals surface area (Å²) in [6, 6.07) is 4.32. The van der Waals surface area contributed by atoms with Crippen LogP contribution in [-0.4, -0.2) is 35.5 Å². The molecule has 0 bridgehead atoms. The average molecular weight is 293 g/mol. The molecule has 1 aromatic carbocycles. The number of rotatable bonds is 2. The topological polar surface area (TPSA) is 58.4 Å². The minimum absolute atomic E-state index is 0.0602. The summed E-state index contributed by atoms with van der Waals surface area (Å²) < 4.78 is 13.4. The molecule has 1 aromatic rings. The highest BCUT2D eigenvalue weighted by molar-refractivity contribution is 5.94. The predicted octanol–water partition coefficient (Wildman–Crippen LogP) is 2.40. The number of likely N-dealkylation sites (tertiary alicyclic amines) is 1. The number of hydrogen-bond donors (Lipinski definition) is 2. The molecule has 3 N–H and O–H groups in total. The van der Waals surface area contributed by atoms with Gasteiger partial charge in [-0.3, -0.25) is 9.69 Å². The van der Waals surface area contributed by atoms with E-state index in [-0.39, 0.29) is 23.2 Å². The molecule has 0 spiro atoms. The fraction of sp³-hybridized carbons (Fsp3) is 0.562. The number of carbonyl (C=O) groups is 1. The van der Waals surface area contributed by atoms with Gasteiger partial charge in [0.2, 0.25) is 0 Å². The minimum atomic E-state index is -0.551. The SMILES string of the molecule is CC(C)(C)N1CCC(NC(=O)c2ccc(N)c(F)c2)CC1. The number of anilines is 1. The maximum Gasteiger partial charge on any atom is 0.251 e. The van der Waals surface area contributed by atoms with Gasteiger partial charge in [-0.05, 0) is 51.8 Å². The molecule has 0 atom stereocenters. The van der Waals surface area contributed by atoms with Crippen molar-refractivity contribution in [3.05, 3.63) is 29.6 Å². The Morgan fingerprint density at radius 2 is 1.95 bits per heavy atom. The summed E-state index contributed by atoms with van der Waals surface area (Å²) in [7, 11) is 0. The fourth-order valence-electron chi connectivity index (χ4n) is 2.63. The number of amides is 1. The highest BCUT2D eigenvalue weighted by Crippen LogP contribution is 2.20. The van der Waals surface area contributed by atoms with Gasteiger partial charge in [0.1, 0.15) is 5.82 Å². The van der Waals surface area contributed by atoms with Crippen LogP contribution in [0.15, 0.2) is 18.2 Å². The van der Waals surface area contributed by atoms with Crippen molar-refractivity contribution in [2.75, 3.05) is 18.8 Å². The van der Waals surface area contributed by atoms with Crippen molar-refractivity contribution in [1.29, 1.82) is 0 Å². The summed E-state index contributed by atoms with van der Waals surface area (Å²) >= 11 is 0. The zero-order valence-electron chi connectivity index (χ0n) is 12.9. The lowest BCUT2D eigenvalue weighted by Gasteiger charge is -2.41. The first-order valence-corrected chi connectivity index (χ1v) is 7.38. The third-order valence-corrected chi connectivity index (χ3v) is 4.04. The van der Waals surface area contributed by atoms with Crippen LogP contribution < -0.4 is 11.1 Å². The lowest BCUT2D eigenvalue weighted by atomic mass is 9.98. The third kappa shape index (κ3) is 3.94. The van der Waals surface area contributed by atoms with E-state index in [4.69, 9.17) is 5.73 Å². The van der Waals surface area contributed by atoms with E-state index in [9.17, 15) is 9.18 Å². The first-order chi connectivity index (χ1) is 9.77. The van der Waals surface area contributed by atoms with Crippen LogP contribution >= 0.6 is 0 Å². The van der Waals surface area contributed by atoms with Crippen LogP contribution in [0.1, 0.15) is 44.0 Å². The highest BCUT2D eigenvalue weighted by Gasteiger charge is 2.27. The van der Waals surface area contributed by atoms with Gasteiger partial charge < -0.3 is 11.1 Å². The number of carbonyl (C=O) groups excluding carboxylic acids is 1. The number of benzene rings is 1. The van der Waals surface area contributed by atoms with Crippen molar-refractivity contribution in [2.45, 2.75) is 45.2 Å². The van der Waals surface area contributed by atoms with E-state index >= 15 is 0 Å². The maximum atomic E-state index is 13.4. The molecule has 0 aromatic heterocycles. The Labute approximate surface area is 125 Å². The zero-order valence-corrected chi connectivity index (χ0v) is 12.9. The van der Waals surface area contributed by atoms with Gasteiger partial charge in [-0.25, -0.2) is 4.39 Å². The maximum absolute atomic E-state index is 13.4. The summed E-state index contributed by atoms with van der Waals surface area (Å²) in [5.74, 6) is -0.784. The smallest absolute Gasteiger partial charge is 0.251 e. The summed E-state index contributed by atoms with van der Waals surface area (Å²) in [5.41, 5.74) is 5.96. The van der Waals surface area contributed by atoms with E-state index in [0.29, 0.717) is 5.56 Å². The number of halogens is 1. The van der Waals surface area contributed by atoms with Gasteiger partial charge in [-0.15, -0.1) is 0 Å². The molecule has 1 aliphatic heterocycles. The molecule has 4 nitrogen and oxygen atoms in total. The number of nitrogen functional groups attached to an aromatic ring is 1. The standard InChI is InChI=1S/C16H24FN3O/c1-16(2,3)20-8-6-12(7-9-20)19-15(21)11-4-5-14(18)13(17)10-11/h4-5,10,12H,6-9,18H2,1-3H3,(H,19,21). The molecular weight excluding hydrogens is 269 g/mol. The summed E-state index contributed by atoms with van der Waals surface area (Å²) in [6.45, 7) is 8.52. The van der Waals surface area contributed by atoms with Crippen LogP contribution in [0, 0.1) is 5.82 Å². The Morgan fingerprint density at radius 1 is 1.33 bits per heavy atom.